The van der Waals surface area contributed by atoms with E-state index in [0.29, 0.717) is 30.8 Å². The van der Waals surface area contributed by atoms with Gasteiger partial charge in [0.25, 0.3) is 0 Å². The van der Waals surface area contributed by atoms with Gasteiger partial charge >= 0.3 is 12.1 Å². The SMILES string of the molecule is C[N+]1(CC2(c3ccccc3)CCN(CCc3ccccc3C(F)(F)F)CC2)C=CC=C1C(=O)O. The van der Waals surface area contributed by atoms with E-state index >= 15 is 0 Å². The topological polar surface area (TPSA) is 40.5 Å². The molecule has 0 saturated carbocycles. The summed E-state index contributed by atoms with van der Waals surface area (Å²) in [4.78, 5) is 14.1. The van der Waals surface area contributed by atoms with Gasteiger partial charge in [-0.2, -0.15) is 13.2 Å². The van der Waals surface area contributed by atoms with Crippen LogP contribution < -0.4 is 0 Å². The monoisotopic (exact) mass is 471 g/mol. The molecule has 2 aliphatic rings. The zero-order valence-corrected chi connectivity index (χ0v) is 19.3. The summed E-state index contributed by atoms with van der Waals surface area (Å²) in [7, 11) is 1.93. The molecular formula is C27H30F3N2O2+. The first kappa shape index (κ1) is 24.2. The van der Waals surface area contributed by atoms with Gasteiger partial charge in [-0.25, -0.2) is 4.79 Å². The molecule has 4 rings (SSSR count). The molecule has 4 nitrogen and oxygen atoms in total. The number of likely N-dealkylation sites (N-methyl/N-ethyl adjacent to an activating group) is 1. The van der Waals surface area contributed by atoms with Gasteiger partial charge in [0.05, 0.1) is 19.2 Å². The van der Waals surface area contributed by atoms with Crippen molar-refractivity contribution in [1.29, 1.82) is 0 Å². The van der Waals surface area contributed by atoms with Crippen molar-refractivity contribution in [3.05, 3.63) is 95.3 Å². The molecule has 2 heterocycles. The number of likely N-dealkylation sites (tertiary alicyclic amines) is 1. The molecule has 0 aliphatic carbocycles. The van der Waals surface area contributed by atoms with Crippen molar-refractivity contribution in [2.45, 2.75) is 30.9 Å². The molecule has 34 heavy (non-hydrogen) atoms. The molecule has 2 aromatic rings. The lowest BCUT2D eigenvalue weighted by molar-refractivity contribution is -0.819. The molecule has 2 aromatic carbocycles. The van der Waals surface area contributed by atoms with Crippen LogP contribution in [-0.2, 0) is 22.8 Å². The summed E-state index contributed by atoms with van der Waals surface area (Å²) in [6.45, 7) is 2.68. The fraction of sp³-hybridized carbons (Fsp3) is 0.370. The summed E-state index contributed by atoms with van der Waals surface area (Å²) in [5, 5.41) is 9.72. The second kappa shape index (κ2) is 9.39. The minimum Gasteiger partial charge on any atom is -0.474 e. The van der Waals surface area contributed by atoms with Crippen LogP contribution >= 0.6 is 0 Å². The largest absolute Gasteiger partial charge is 0.474 e. The van der Waals surface area contributed by atoms with Crippen LogP contribution in [0.4, 0.5) is 13.2 Å². The van der Waals surface area contributed by atoms with Gasteiger partial charge in [0.1, 0.15) is 6.20 Å². The number of carbonyl (C=O) groups is 1. The Morgan fingerprint density at radius 3 is 2.35 bits per heavy atom. The van der Waals surface area contributed by atoms with E-state index in [1.165, 1.54) is 11.6 Å². The summed E-state index contributed by atoms with van der Waals surface area (Å²) in [5.74, 6) is -0.920. The van der Waals surface area contributed by atoms with E-state index in [1.54, 1.807) is 24.3 Å². The van der Waals surface area contributed by atoms with Gasteiger partial charge in [-0.15, -0.1) is 0 Å². The lowest BCUT2D eigenvalue weighted by Crippen LogP contribution is -2.54. The van der Waals surface area contributed by atoms with Crippen molar-refractivity contribution in [3.8, 4) is 0 Å². The Balaban J connectivity index is 1.50. The van der Waals surface area contributed by atoms with Crippen LogP contribution in [0.25, 0.3) is 0 Å². The highest BCUT2D eigenvalue weighted by atomic mass is 19.4. The number of allylic oxidation sites excluding steroid dienone is 2. The second-order valence-corrected chi connectivity index (χ2v) is 9.52. The number of hydrogen-bond acceptors (Lipinski definition) is 2. The first-order valence-electron chi connectivity index (χ1n) is 11.5. The van der Waals surface area contributed by atoms with Gasteiger partial charge in [0.15, 0.2) is 0 Å². The molecule has 0 spiro atoms. The van der Waals surface area contributed by atoms with Crippen LogP contribution in [0.3, 0.4) is 0 Å². The summed E-state index contributed by atoms with van der Waals surface area (Å²) in [6, 6.07) is 16.0. The predicted octanol–water partition coefficient (Wildman–Crippen LogP) is 5.22. The molecular weight excluding hydrogens is 441 g/mol. The summed E-state index contributed by atoms with van der Waals surface area (Å²) in [6.07, 6.45) is 3.01. The van der Waals surface area contributed by atoms with Crippen molar-refractivity contribution >= 4 is 5.97 Å². The molecule has 1 atom stereocenters. The zero-order chi connectivity index (χ0) is 24.4. The quantitative estimate of drug-likeness (QED) is 0.563. The van der Waals surface area contributed by atoms with Gasteiger partial charge in [0.2, 0.25) is 5.70 Å². The first-order chi connectivity index (χ1) is 16.1. The summed E-state index contributed by atoms with van der Waals surface area (Å²) >= 11 is 0. The first-order valence-corrected chi connectivity index (χ1v) is 11.5. The number of aliphatic carboxylic acids is 1. The normalized spacial score (nSPS) is 22.5. The number of rotatable bonds is 7. The van der Waals surface area contributed by atoms with Crippen LogP contribution in [0.2, 0.25) is 0 Å². The Bertz CT molecular complexity index is 1090. The maximum absolute atomic E-state index is 13.4. The molecule has 0 amide bonds. The van der Waals surface area contributed by atoms with E-state index in [0.717, 1.165) is 32.0 Å². The predicted molar refractivity (Wildman–Crippen MR) is 125 cm³/mol. The van der Waals surface area contributed by atoms with Crippen molar-refractivity contribution in [2.24, 2.45) is 0 Å². The second-order valence-electron chi connectivity index (χ2n) is 9.52. The van der Waals surface area contributed by atoms with Gasteiger partial charge in [-0.3, -0.25) is 4.48 Å². The van der Waals surface area contributed by atoms with E-state index in [4.69, 9.17) is 0 Å². The highest BCUT2D eigenvalue weighted by molar-refractivity contribution is 5.85. The maximum atomic E-state index is 13.4. The number of piperidine rings is 1. The Morgan fingerprint density at radius 2 is 1.71 bits per heavy atom. The number of halogens is 3. The molecule has 2 aliphatic heterocycles. The fourth-order valence-electron chi connectivity index (χ4n) is 5.46. The lowest BCUT2D eigenvalue weighted by atomic mass is 9.71. The number of quaternary nitrogens is 1. The molecule has 1 saturated heterocycles. The van der Waals surface area contributed by atoms with Crippen LogP contribution in [0.5, 0.6) is 0 Å². The number of nitrogens with zero attached hydrogens (tertiary/aromatic N) is 2. The third-order valence-corrected chi connectivity index (χ3v) is 7.29. The minimum atomic E-state index is -4.35. The van der Waals surface area contributed by atoms with Crippen LogP contribution in [0.1, 0.15) is 29.5 Å². The number of carboxylic acid groups (broad SMARTS) is 1. The average molecular weight is 472 g/mol. The maximum Gasteiger partial charge on any atom is 0.416 e. The van der Waals surface area contributed by atoms with Crippen molar-refractivity contribution in [1.82, 2.24) is 4.90 Å². The Kier molecular flexibility index (Phi) is 6.69. The Hall–Kier alpha value is -2.90. The molecule has 180 valence electrons. The smallest absolute Gasteiger partial charge is 0.416 e. The van der Waals surface area contributed by atoms with E-state index in [1.807, 2.05) is 31.4 Å². The molecule has 0 aromatic heterocycles. The van der Waals surface area contributed by atoms with Gasteiger partial charge in [-0.1, -0.05) is 48.5 Å². The standard InChI is InChI=1S/C27H29F3N2O2/c1-32(19-7-12-24(32)25(33)34)20-26(22-9-3-2-4-10-22)14-17-31(18-15-26)16-13-21-8-5-6-11-23(21)27(28,29)30/h2-12,19H,13-18,20H2,1H3/p+1. The van der Waals surface area contributed by atoms with Crippen molar-refractivity contribution in [2.75, 3.05) is 33.2 Å². The highest BCUT2D eigenvalue weighted by Gasteiger charge is 2.46. The van der Waals surface area contributed by atoms with E-state index in [2.05, 4.69) is 17.0 Å². The minimum absolute atomic E-state index is 0.223. The number of benzene rings is 2. The third kappa shape index (κ3) is 4.95. The molecule has 0 bridgehead atoms. The summed E-state index contributed by atoms with van der Waals surface area (Å²) < 4.78 is 40.3. The number of alkyl halides is 3. The van der Waals surface area contributed by atoms with Crippen LogP contribution in [0, 0.1) is 0 Å². The summed E-state index contributed by atoms with van der Waals surface area (Å²) in [5.41, 5.74) is 1.07. The Labute approximate surface area is 198 Å². The molecule has 1 fully saturated rings. The molecule has 0 radical (unpaired) electrons. The van der Waals surface area contributed by atoms with Crippen LogP contribution in [0.15, 0.2) is 78.6 Å². The average Bonchev–Trinajstić information content (AvgIpc) is 3.20. The van der Waals surface area contributed by atoms with Crippen molar-refractivity contribution in [3.63, 3.8) is 0 Å². The number of carboxylic acids is 1. The fourth-order valence-corrected chi connectivity index (χ4v) is 5.46. The van der Waals surface area contributed by atoms with Gasteiger partial charge in [-0.05, 0) is 55.6 Å². The highest BCUT2D eigenvalue weighted by Crippen LogP contribution is 2.40. The Morgan fingerprint density at radius 1 is 1.06 bits per heavy atom. The van der Waals surface area contributed by atoms with Crippen molar-refractivity contribution < 1.29 is 27.6 Å². The van der Waals surface area contributed by atoms with Crippen LogP contribution in [-0.4, -0.2) is 53.7 Å². The molecule has 1 unspecified atom stereocenters. The third-order valence-electron chi connectivity index (χ3n) is 7.29. The zero-order valence-electron chi connectivity index (χ0n) is 19.3. The van der Waals surface area contributed by atoms with E-state index in [-0.39, 0.29) is 9.90 Å². The lowest BCUT2D eigenvalue weighted by Gasteiger charge is -2.45. The number of hydrogen-bond donors (Lipinski definition) is 1. The van der Waals surface area contributed by atoms with E-state index in [9.17, 15) is 23.1 Å². The molecule has 1 N–H and O–H groups in total. The van der Waals surface area contributed by atoms with Gasteiger partial charge in [0, 0.05) is 18.0 Å². The molecule has 7 heteroatoms. The van der Waals surface area contributed by atoms with Gasteiger partial charge < -0.3 is 10.0 Å². The van der Waals surface area contributed by atoms with E-state index < -0.39 is 17.7 Å².